The van der Waals surface area contributed by atoms with Crippen molar-refractivity contribution >= 4 is 17.6 Å². The van der Waals surface area contributed by atoms with E-state index in [4.69, 9.17) is 9.47 Å². The summed E-state index contributed by atoms with van der Waals surface area (Å²) in [6.45, 7) is 1.72. The van der Waals surface area contributed by atoms with Gasteiger partial charge < -0.3 is 14.8 Å². The highest BCUT2D eigenvalue weighted by molar-refractivity contribution is 5.97. The van der Waals surface area contributed by atoms with Crippen LogP contribution in [-0.2, 0) is 16.1 Å². The lowest BCUT2D eigenvalue weighted by atomic mass is 10.2. The summed E-state index contributed by atoms with van der Waals surface area (Å²) >= 11 is 0. The lowest BCUT2D eigenvalue weighted by Gasteiger charge is -2.14. The molecule has 0 heterocycles. The molecule has 3 aromatic carbocycles. The van der Waals surface area contributed by atoms with Gasteiger partial charge in [0.1, 0.15) is 24.0 Å². The maximum absolute atomic E-state index is 13.6. The van der Waals surface area contributed by atoms with Crippen molar-refractivity contribution in [3.8, 4) is 5.75 Å². The van der Waals surface area contributed by atoms with Crippen molar-refractivity contribution < 1.29 is 27.8 Å². The first-order valence-corrected chi connectivity index (χ1v) is 9.16. The van der Waals surface area contributed by atoms with Gasteiger partial charge in [-0.25, -0.2) is 13.6 Å². The molecule has 3 rings (SSSR count). The van der Waals surface area contributed by atoms with Gasteiger partial charge in [0, 0.05) is 6.07 Å². The summed E-state index contributed by atoms with van der Waals surface area (Å²) in [7, 11) is 0. The number of hydrogen-bond acceptors (Lipinski definition) is 4. The Balaban J connectivity index is 1.54. The van der Waals surface area contributed by atoms with Crippen LogP contribution in [0.3, 0.4) is 0 Å². The fourth-order valence-electron chi connectivity index (χ4n) is 2.54. The molecule has 0 radical (unpaired) electrons. The van der Waals surface area contributed by atoms with E-state index in [9.17, 15) is 18.4 Å². The van der Waals surface area contributed by atoms with Crippen LogP contribution >= 0.6 is 0 Å². The lowest BCUT2D eigenvalue weighted by molar-refractivity contribution is -0.123. The topological polar surface area (TPSA) is 64.6 Å². The largest absolute Gasteiger partial charge is 0.489 e. The molecular formula is C23H19F2NO4. The second-order valence-corrected chi connectivity index (χ2v) is 6.46. The van der Waals surface area contributed by atoms with Gasteiger partial charge in [-0.05, 0) is 48.9 Å². The number of ether oxygens (including phenoxy) is 2. The number of carbonyl (C=O) groups excluding carboxylic acids is 2. The van der Waals surface area contributed by atoms with Crippen molar-refractivity contribution in [2.75, 3.05) is 5.32 Å². The van der Waals surface area contributed by atoms with E-state index in [0.29, 0.717) is 12.4 Å². The van der Waals surface area contributed by atoms with Crippen LogP contribution in [0.1, 0.15) is 22.8 Å². The normalized spacial score (nSPS) is 11.4. The molecule has 0 unspecified atom stereocenters. The predicted molar refractivity (Wildman–Crippen MR) is 107 cm³/mol. The SMILES string of the molecule is C[C@H](OC(=O)c1ccc(OCc2ccccc2)cc1)C(=O)Nc1cc(F)ccc1F. The predicted octanol–water partition coefficient (Wildman–Crippen LogP) is 4.73. The molecule has 1 amide bonds. The average Bonchev–Trinajstić information content (AvgIpc) is 2.75. The summed E-state index contributed by atoms with van der Waals surface area (Å²) in [5.74, 6) is -2.44. The summed E-state index contributed by atoms with van der Waals surface area (Å²) in [5.41, 5.74) is 0.900. The Morgan fingerprint density at radius 1 is 0.967 bits per heavy atom. The van der Waals surface area contributed by atoms with Crippen LogP contribution in [-0.4, -0.2) is 18.0 Å². The molecule has 1 N–H and O–H groups in total. The highest BCUT2D eigenvalue weighted by atomic mass is 19.1. The fourth-order valence-corrected chi connectivity index (χ4v) is 2.54. The zero-order valence-corrected chi connectivity index (χ0v) is 16.1. The van der Waals surface area contributed by atoms with Crippen LogP contribution in [0.4, 0.5) is 14.5 Å². The van der Waals surface area contributed by atoms with Gasteiger partial charge in [0.05, 0.1) is 11.3 Å². The summed E-state index contributed by atoms with van der Waals surface area (Å²) in [5, 5.41) is 2.20. The highest BCUT2D eigenvalue weighted by Crippen LogP contribution is 2.17. The smallest absolute Gasteiger partial charge is 0.338 e. The third-order valence-electron chi connectivity index (χ3n) is 4.18. The summed E-state index contributed by atoms with van der Waals surface area (Å²) in [6.07, 6.45) is -1.21. The fraction of sp³-hybridized carbons (Fsp3) is 0.130. The van der Waals surface area contributed by atoms with Crippen LogP contribution in [0.15, 0.2) is 72.8 Å². The first-order valence-electron chi connectivity index (χ1n) is 9.16. The van der Waals surface area contributed by atoms with E-state index in [2.05, 4.69) is 5.32 Å². The summed E-state index contributed by atoms with van der Waals surface area (Å²) in [6, 6.07) is 18.6. The number of esters is 1. The average molecular weight is 411 g/mol. The second-order valence-electron chi connectivity index (χ2n) is 6.46. The minimum Gasteiger partial charge on any atom is -0.489 e. The van der Waals surface area contributed by atoms with Gasteiger partial charge in [0.25, 0.3) is 5.91 Å². The number of carbonyl (C=O) groups is 2. The van der Waals surface area contributed by atoms with Gasteiger partial charge in [-0.15, -0.1) is 0 Å². The van der Waals surface area contributed by atoms with Crippen LogP contribution in [0, 0.1) is 11.6 Å². The number of amides is 1. The molecule has 0 aliphatic heterocycles. The molecule has 1 atom stereocenters. The van der Waals surface area contributed by atoms with Crippen molar-refractivity contribution in [2.24, 2.45) is 0 Å². The van der Waals surface area contributed by atoms with Crippen LogP contribution < -0.4 is 10.1 Å². The van der Waals surface area contributed by atoms with Gasteiger partial charge in [-0.3, -0.25) is 4.79 Å². The molecule has 0 bridgehead atoms. The van der Waals surface area contributed by atoms with E-state index in [0.717, 1.165) is 23.8 Å². The minimum absolute atomic E-state index is 0.221. The minimum atomic E-state index is -1.21. The monoisotopic (exact) mass is 411 g/mol. The molecule has 7 heteroatoms. The Bertz CT molecular complexity index is 1020. The molecule has 0 aromatic heterocycles. The zero-order chi connectivity index (χ0) is 21.5. The van der Waals surface area contributed by atoms with Crippen molar-refractivity contribution in [3.05, 3.63) is 95.6 Å². The Hall–Kier alpha value is -3.74. The van der Waals surface area contributed by atoms with Crippen molar-refractivity contribution in [3.63, 3.8) is 0 Å². The molecule has 154 valence electrons. The number of halogens is 2. The Morgan fingerprint density at radius 3 is 2.37 bits per heavy atom. The van der Waals surface area contributed by atoms with Crippen molar-refractivity contribution in [1.29, 1.82) is 0 Å². The first kappa shape index (κ1) is 21.0. The molecule has 0 aliphatic rings. The number of hydrogen-bond donors (Lipinski definition) is 1. The van der Waals surface area contributed by atoms with Gasteiger partial charge in [0.15, 0.2) is 6.10 Å². The zero-order valence-electron chi connectivity index (χ0n) is 16.1. The van der Waals surface area contributed by atoms with Gasteiger partial charge in [0.2, 0.25) is 0 Å². The molecule has 30 heavy (non-hydrogen) atoms. The van der Waals surface area contributed by atoms with E-state index in [1.807, 2.05) is 30.3 Å². The molecule has 0 saturated heterocycles. The van der Waals surface area contributed by atoms with Crippen LogP contribution in [0.5, 0.6) is 5.75 Å². The third-order valence-corrected chi connectivity index (χ3v) is 4.18. The van der Waals surface area contributed by atoms with Gasteiger partial charge in [-0.1, -0.05) is 30.3 Å². The quantitative estimate of drug-likeness (QED) is 0.571. The van der Waals surface area contributed by atoms with E-state index < -0.39 is 29.6 Å². The van der Waals surface area contributed by atoms with E-state index in [1.165, 1.54) is 19.1 Å². The molecule has 0 saturated carbocycles. The maximum Gasteiger partial charge on any atom is 0.338 e. The van der Waals surface area contributed by atoms with E-state index >= 15 is 0 Å². The molecule has 5 nitrogen and oxygen atoms in total. The number of benzene rings is 3. The van der Waals surface area contributed by atoms with E-state index in [-0.39, 0.29) is 11.3 Å². The Morgan fingerprint density at radius 2 is 1.67 bits per heavy atom. The Labute approximate surface area is 172 Å². The number of anilines is 1. The summed E-state index contributed by atoms with van der Waals surface area (Å²) < 4.78 is 37.6. The molecule has 0 aliphatic carbocycles. The Kier molecular flexibility index (Phi) is 6.75. The molecular weight excluding hydrogens is 392 g/mol. The van der Waals surface area contributed by atoms with Crippen molar-refractivity contribution in [2.45, 2.75) is 19.6 Å². The second kappa shape index (κ2) is 9.65. The van der Waals surface area contributed by atoms with E-state index in [1.54, 1.807) is 12.1 Å². The van der Waals surface area contributed by atoms with Gasteiger partial charge in [-0.2, -0.15) is 0 Å². The maximum atomic E-state index is 13.6. The standard InChI is InChI=1S/C23H19F2NO4/c1-15(22(27)26-21-13-18(24)9-12-20(21)25)30-23(28)17-7-10-19(11-8-17)29-14-16-5-3-2-4-6-16/h2-13,15H,14H2,1H3,(H,26,27)/t15-/m0/s1. The van der Waals surface area contributed by atoms with Crippen LogP contribution in [0.25, 0.3) is 0 Å². The van der Waals surface area contributed by atoms with Crippen molar-refractivity contribution in [1.82, 2.24) is 0 Å². The lowest BCUT2D eigenvalue weighted by Crippen LogP contribution is -2.30. The van der Waals surface area contributed by atoms with Crippen LogP contribution in [0.2, 0.25) is 0 Å². The first-order chi connectivity index (χ1) is 14.4. The summed E-state index contributed by atoms with van der Waals surface area (Å²) in [4.78, 5) is 24.4. The molecule has 0 spiro atoms. The number of nitrogens with one attached hydrogen (secondary N) is 1. The molecule has 3 aromatic rings. The number of rotatable bonds is 7. The molecule has 0 fully saturated rings. The highest BCUT2D eigenvalue weighted by Gasteiger charge is 2.20. The van der Waals surface area contributed by atoms with Gasteiger partial charge >= 0.3 is 5.97 Å². The third kappa shape index (κ3) is 5.64.